The summed E-state index contributed by atoms with van der Waals surface area (Å²) in [6, 6.07) is 1.82. The zero-order valence-corrected chi connectivity index (χ0v) is 15.5. The van der Waals surface area contributed by atoms with E-state index < -0.39 is 13.8 Å². The molecular formula is C12H19F6N4O4P. The van der Waals surface area contributed by atoms with Gasteiger partial charge in [0.25, 0.3) is 0 Å². The van der Waals surface area contributed by atoms with E-state index in [2.05, 4.69) is 0 Å². The summed E-state index contributed by atoms with van der Waals surface area (Å²) in [7, 11) is -7.11. The Hall–Kier alpha value is -1.78. The maximum absolute atomic E-state index is 11.7. The van der Waals surface area contributed by atoms with Crippen molar-refractivity contribution in [3.8, 4) is 6.07 Å². The van der Waals surface area contributed by atoms with Crippen LogP contribution in [0.1, 0.15) is 6.92 Å². The van der Waals surface area contributed by atoms with Gasteiger partial charge in [-0.05, 0) is 6.92 Å². The minimum absolute atomic E-state index is 0.133. The van der Waals surface area contributed by atoms with Crippen LogP contribution in [0.2, 0.25) is 0 Å². The van der Waals surface area contributed by atoms with Crippen molar-refractivity contribution >= 4 is 13.8 Å². The molecule has 158 valence electrons. The molecule has 0 aromatic rings. The van der Waals surface area contributed by atoms with Crippen molar-refractivity contribution in [2.45, 2.75) is 6.92 Å². The third-order valence-corrected chi connectivity index (χ3v) is 2.60. The molecule has 8 nitrogen and oxygen atoms in total. The van der Waals surface area contributed by atoms with Crippen LogP contribution in [0.15, 0.2) is 11.3 Å². The first-order chi connectivity index (χ1) is 12.0. The number of hydrogen-bond acceptors (Lipinski definition) is 8. The molecule has 0 radical (unpaired) electrons. The van der Waals surface area contributed by atoms with Gasteiger partial charge in [-0.15, -0.1) is 0 Å². The van der Waals surface area contributed by atoms with Crippen LogP contribution in [0.5, 0.6) is 0 Å². The molecule has 1 saturated heterocycles. The second-order valence-electron chi connectivity index (χ2n) is 5.15. The minimum atomic E-state index is -10.7. The normalized spacial score (nSPS) is 19.5. The van der Waals surface area contributed by atoms with Gasteiger partial charge in [0.1, 0.15) is 25.0 Å². The summed E-state index contributed by atoms with van der Waals surface area (Å²) >= 11 is 0. The van der Waals surface area contributed by atoms with E-state index in [1.54, 1.807) is 30.8 Å². The Morgan fingerprint density at radius 3 is 2.26 bits per heavy atom. The van der Waals surface area contributed by atoms with Crippen LogP contribution >= 0.6 is 7.81 Å². The van der Waals surface area contributed by atoms with E-state index in [9.17, 15) is 30.0 Å². The summed E-state index contributed by atoms with van der Waals surface area (Å²) in [6.45, 7) is 2.94. The van der Waals surface area contributed by atoms with E-state index in [1.807, 2.05) is 6.07 Å². The van der Waals surface area contributed by atoms with Crippen LogP contribution in [-0.4, -0.2) is 56.2 Å². The zero-order chi connectivity index (χ0) is 21.5. The summed E-state index contributed by atoms with van der Waals surface area (Å²) in [5.74, 6) is 4.80. The SMILES string of the molecule is CCOC(=O)C(C#N)=C1CN([C+](ON)N(C)C)CCO1.F[P-](F)(F)(F)(F)F. The molecule has 0 aliphatic carbocycles. The fourth-order valence-electron chi connectivity index (χ4n) is 1.78. The number of nitriles is 1. The average Bonchev–Trinajstić information content (AvgIpc) is 2.46. The molecular weight excluding hydrogens is 409 g/mol. The second-order valence-corrected chi connectivity index (χ2v) is 7.07. The fourth-order valence-corrected chi connectivity index (χ4v) is 1.78. The van der Waals surface area contributed by atoms with Gasteiger partial charge in [-0.2, -0.15) is 11.2 Å². The number of morpholine rings is 1. The van der Waals surface area contributed by atoms with E-state index in [1.165, 1.54) is 0 Å². The summed E-state index contributed by atoms with van der Waals surface area (Å²) < 4.78 is 69.4. The molecule has 0 spiro atoms. The molecule has 0 atom stereocenters. The number of carbonyl (C=O) groups excluding carboxylic acids is 1. The second kappa shape index (κ2) is 8.49. The van der Waals surface area contributed by atoms with E-state index in [4.69, 9.17) is 25.5 Å². The Balaban J connectivity index is 0.000000821. The maximum atomic E-state index is 11.7. The number of hydrogen-bond donors (Lipinski definition) is 1. The van der Waals surface area contributed by atoms with E-state index >= 15 is 0 Å². The van der Waals surface area contributed by atoms with Gasteiger partial charge in [-0.3, -0.25) is 0 Å². The molecule has 1 rings (SSSR count). The van der Waals surface area contributed by atoms with Crippen molar-refractivity contribution in [3.63, 3.8) is 0 Å². The molecule has 0 aromatic heterocycles. The Labute approximate surface area is 151 Å². The Bertz CT molecular complexity index is 593. The van der Waals surface area contributed by atoms with Crippen LogP contribution in [0.3, 0.4) is 0 Å². The molecule has 0 saturated carbocycles. The molecule has 1 fully saturated rings. The first-order valence-electron chi connectivity index (χ1n) is 7.15. The van der Waals surface area contributed by atoms with Crippen LogP contribution in [0, 0.1) is 17.7 Å². The number of rotatable bonds is 5. The van der Waals surface area contributed by atoms with Crippen molar-refractivity contribution in [1.29, 1.82) is 5.26 Å². The number of ether oxygens (including phenoxy) is 2. The van der Waals surface area contributed by atoms with Gasteiger partial charge in [0, 0.05) is 14.1 Å². The summed E-state index contributed by atoms with van der Waals surface area (Å²) in [5, 5.41) is 9.09. The molecule has 27 heavy (non-hydrogen) atoms. The van der Waals surface area contributed by atoms with Gasteiger partial charge < -0.3 is 9.47 Å². The predicted octanol–water partition coefficient (Wildman–Crippen LogP) is 2.94. The number of esters is 1. The Morgan fingerprint density at radius 2 is 1.89 bits per heavy atom. The molecule has 0 bridgehead atoms. The van der Waals surface area contributed by atoms with E-state index in [-0.39, 0.29) is 24.5 Å². The van der Waals surface area contributed by atoms with Crippen LogP contribution in [0.25, 0.3) is 0 Å². The van der Waals surface area contributed by atoms with Crippen molar-refractivity contribution in [2.24, 2.45) is 5.90 Å². The van der Waals surface area contributed by atoms with Crippen LogP contribution in [0.4, 0.5) is 25.2 Å². The Morgan fingerprint density at radius 1 is 1.37 bits per heavy atom. The Kier molecular flexibility index (Phi) is 7.93. The first kappa shape index (κ1) is 25.2. The molecule has 1 aliphatic rings. The van der Waals surface area contributed by atoms with E-state index in [0.717, 1.165) is 0 Å². The van der Waals surface area contributed by atoms with Gasteiger partial charge in [0.15, 0.2) is 5.57 Å². The van der Waals surface area contributed by atoms with Crippen LogP contribution in [-0.2, 0) is 19.1 Å². The topological polar surface area (TPSA) is 101 Å². The van der Waals surface area contributed by atoms with Crippen molar-refractivity contribution in [2.75, 3.05) is 40.4 Å². The number of nitrogens with two attached hydrogens (primary N) is 1. The molecule has 0 aromatic carbocycles. The summed E-state index contributed by atoms with van der Waals surface area (Å²) in [5.41, 5.74) is -0.133. The third kappa shape index (κ3) is 12.3. The van der Waals surface area contributed by atoms with Gasteiger partial charge in [0.2, 0.25) is 0 Å². The molecule has 15 heteroatoms. The zero-order valence-electron chi connectivity index (χ0n) is 14.6. The standard InChI is InChI=1S/C12H19N4O4.F6P/c1-4-18-11(17)9(7-13)10-8-16(5-6-19-10)12(20-14)15(2)3;1-7(2,3,4,5)6/h4-6,8,14H2,1-3H3;/q+1;-1. The van der Waals surface area contributed by atoms with Crippen molar-refractivity contribution in [3.05, 3.63) is 17.7 Å². The number of carbonyl (C=O) groups is 1. The van der Waals surface area contributed by atoms with Gasteiger partial charge in [0.05, 0.1) is 13.2 Å². The molecule has 1 heterocycles. The van der Waals surface area contributed by atoms with Gasteiger partial charge in [-0.25, -0.2) is 4.79 Å². The summed E-state index contributed by atoms with van der Waals surface area (Å²) in [6.07, 6.45) is 0.423. The quantitative estimate of drug-likeness (QED) is 0.136. The summed E-state index contributed by atoms with van der Waals surface area (Å²) in [4.78, 5) is 20.0. The van der Waals surface area contributed by atoms with Crippen LogP contribution < -0.4 is 5.90 Å². The number of halogens is 6. The molecule has 2 N–H and O–H groups in total. The first-order valence-corrected chi connectivity index (χ1v) is 9.18. The van der Waals surface area contributed by atoms with Gasteiger partial charge in [-0.1, -0.05) is 14.6 Å². The predicted molar refractivity (Wildman–Crippen MR) is 82.6 cm³/mol. The van der Waals surface area contributed by atoms with E-state index in [0.29, 0.717) is 19.5 Å². The molecule has 1 aliphatic heterocycles. The van der Waals surface area contributed by atoms with Crippen molar-refractivity contribution in [1.82, 2.24) is 9.80 Å². The third-order valence-electron chi connectivity index (χ3n) is 2.60. The average molecular weight is 428 g/mol. The molecule has 0 unspecified atom stereocenters. The molecule has 0 amide bonds. The van der Waals surface area contributed by atoms with Gasteiger partial charge >= 0.3 is 45.3 Å². The monoisotopic (exact) mass is 428 g/mol. The van der Waals surface area contributed by atoms with Crippen molar-refractivity contribution < 1.29 is 44.3 Å². The fraction of sp³-hybridized carbons (Fsp3) is 0.583. The number of nitrogens with zero attached hydrogens (tertiary/aromatic N) is 3.